The highest BCUT2D eigenvalue weighted by Crippen LogP contribution is 2.34. The lowest BCUT2D eigenvalue weighted by atomic mass is 9.83. The fourth-order valence-electron chi connectivity index (χ4n) is 2.85. The minimum atomic E-state index is -0.318. The third kappa shape index (κ3) is 3.24. The van der Waals surface area contributed by atoms with Crippen molar-refractivity contribution in [3.8, 4) is 0 Å². The van der Waals surface area contributed by atoms with Crippen LogP contribution < -0.4 is 11.1 Å². The minimum Gasteiger partial charge on any atom is -0.462 e. The molecule has 0 saturated heterocycles. The van der Waals surface area contributed by atoms with Gasteiger partial charge in [0.2, 0.25) is 0 Å². The van der Waals surface area contributed by atoms with Crippen molar-refractivity contribution in [2.45, 2.75) is 51.5 Å². The van der Waals surface area contributed by atoms with Crippen LogP contribution in [0.2, 0.25) is 0 Å². The third-order valence-corrected chi connectivity index (χ3v) is 3.98. The molecule has 0 amide bonds. The van der Waals surface area contributed by atoms with E-state index in [1.165, 1.54) is 19.3 Å². The molecule has 4 heteroatoms. The first-order chi connectivity index (χ1) is 9.56. The first kappa shape index (κ1) is 14.7. The number of nitrogen functional groups attached to an aromatic ring is 1. The average molecular weight is 276 g/mol. The summed E-state index contributed by atoms with van der Waals surface area (Å²) < 4.78 is 5.11. The Hall–Kier alpha value is -1.71. The Balaban J connectivity index is 2.27. The average Bonchev–Trinajstić information content (AvgIpc) is 2.42. The topological polar surface area (TPSA) is 64.3 Å². The highest BCUT2D eigenvalue weighted by Gasteiger charge is 2.28. The van der Waals surface area contributed by atoms with Crippen molar-refractivity contribution in [1.82, 2.24) is 0 Å². The van der Waals surface area contributed by atoms with E-state index < -0.39 is 0 Å². The van der Waals surface area contributed by atoms with Crippen LogP contribution in [0.1, 0.15) is 56.3 Å². The highest BCUT2D eigenvalue weighted by atomic mass is 16.5. The van der Waals surface area contributed by atoms with Crippen molar-refractivity contribution < 1.29 is 9.53 Å². The number of hydrogen-bond acceptors (Lipinski definition) is 4. The summed E-state index contributed by atoms with van der Waals surface area (Å²) in [4.78, 5) is 12.0. The van der Waals surface area contributed by atoms with E-state index in [2.05, 4.69) is 12.2 Å². The molecule has 0 spiro atoms. The van der Waals surface area contributed by atoms with E-state index in [0.717, 1.165) is 18.5 Å². The molecule has 4 nitrogen and oxygen atoms in total. The van der Waals surface area contributed by atoms with E-state index >= 15 is 0 Å². The zero-order valence-corrected chi connectivity index (χ0v) is 12.4. The van der Waals surface area contributed by atoms with E-state index in [1.807, 2.05) is 6.07 Å². The Kier molecular flexibility index (Phi) is 4.53. The smallest absolute Gasteiger partial charge is 0.340 e. The first-order valence-corrected chi connectivity index (χ1v) is 7.39. The number of rotatable bonds is 4. The molecule has 1 fully saturated rings. The monoisotopic (exact) mass is 276 g/mol. The standard InChI is InChI=1S/C16H24N2O2/c1-3-20-15(19)12-8-7-9-13(17)14(12)18-16(2)10-5-4-6-11-16/h7-9,18H,3-6,10-11,17H2,1-2H3. The van der Waals surface area contributed by atoms with Gasteiger partial charge in [0.25, 0.3) is 0 Å². The molecule has 1 saturated carbocycles. The number of ether oxygens (including phenoxy) is 1. The van der Waals surface area contributed by atoms with Gasteiger partial charge in [0.15, 0.2) is 0 Å². The lowest BCUT2D eigenvalue weighted by Crippen LogP contribution is -2.37. The number of carbonyl (C=O) groups is 1. The lowest BCUT2D eigenvalue weighted by Gasteiger charge is -2.36. The van der Waals surface area contributed by atoms with Gasteiger partial charge in [0.1, 0.15) is 0 Å². The predicted octanol–water partition coefficient (Wildman–Crippen LogP) is 3.58. The molecular formula is C16H24N2O2. The maximum atomic E-state index is 12.0. The summed E-state index contributed by atoms with van der Waals surface area (Å²) in [5, 5.41) is 3.51. The largest absolute Gasteiger partial charge is 0.462 e. The highest BCUT2D eigenvalue weighted by molar-refractivity contribution is 5.99. The molecule has 0 bridgehead atoms. The van der Waals surface area contributed by atoms with Gasteiger partial charge in [-0.3, -0.25) is 0 Å². The molecule has 1 aromatic carbocycles. The molecule has 1 aromatic rings. The van der Waals surface area contributed by atoms with Gasteiger partial charge in [-0.1, -0.05) is 25.3 Å². The first-order valence-electron chi connectivity index (χ1n) is 7.39. The Labute approximate surface area is 120 Å². The number of esters is 1. The molecule has 1 aliphatic rings. The van der Waals surface area contributed by atoms with Crippen LogP contribution in [0.3, 0.4) is 0 Å². The van der Waals surface area contributed by atoms with Gasteiger partial charge in [-0.2, -0.15) is 0 Å². The molecule has 3 N–H and O–H groups in total. The maximum Gasteiger partial charge on any atom is 0.340 e. The summed E-state index contributed by atoms with van der Waals surface area (Å²) in [6.45, 7) is 4.37. The maximum absolute atomic E-state index is 12.0. The SMILES string of the molecule is CCOC(=O)c1cccc(N)c1NC1(C)CCCCC1. The quantitative estimate of drug-likeness (QED) is 0.651. The summed E-state index contributed by atoms with van der Waals surface area (Å²) in [6, 6.07) is 5.37. The van der Waals surface area contributed by atoms with Crippen LogP contribution >= 0.6 is 0 Å². The van der Waals surface area contributed by atoms with Gasteiger partial charge in [-0.05, 0) is 38.8 Å². The van der Waals surface area contributed by atoms with Gasteiger partial charge < -0.3 is 15.8 Å². The third-order valence-electron chi connectivity index (χ3n) is 3.98. The summed E-state index contributed by atoms with van der Waals surface area (Å²) in [7, 11) is 0. The summed E-state index contributed by atoms with van der Waals surface area (Å²) in [5.41, 5.74) is 7.91. The van der Waals surface area contributed by atoms with Gasteiger partial charge in [-0.15, -0.1) is 0 Å². The molecule has 20 heavy (non-hydrogen) atoms. The molecular weight excluding hydrogens is 252 g/mol. The number of nitrogens with two attached hydrogens (primary N) is 1. The molecule has 0 heterocycles. The number of carbonyl (C=O) groups excluding carboxylic acids is 1. The van der Waals surface area contributed by atoms with Crippen molar-refractivity contribution in [3.05, 3.63) is 23.8 Å². The molecule has 1 aliphatic carbocycles. The van der Waals surface area contributed by atoms with Crippen LogP contribution in [0.5, 0.6) is 0 Å². The fraction of sp³-hybridized carbons (Fsp3) is 0.562. The van der Waals surface area contributed by atoms with Crippen LogP contribution in [-0.2, 0) is 4.74 Å². The number of anilines is 2. The summed E-state index contributed by atoms with van der Waals surface area (Å²) >= 11 is 0. The lowest BCUT2D eigenvalue weighted by molar-refractivity contribution is 0.0527. The second-order valence-corrected chi connectivity index (χ2v) is 5.74. The Morgan fingerprint density at radius 1 is 1.35 bits per heavy atom. The van der Waals surface area contributed by atoms with Crippen molar-refractivity contribution >= 4 is 17.3 Å². The Morgan fingerprint density at radius 2 is 2.05 bits per heavy atom. The minimum absolute atomic E-state index is 0.00890. The molecule has 110 valence electrons. The summed E-state index contributed by atoms with van der Waals surface area (Å²) in [6.07, 6.45) is 5.91. The predicted molar refractivity (Wildman–Crippen MR) is 81.9 cm³/mol. The van der Waals surface area contributed by atoms with Gasteiger partial charge >= 0.3 is 5.97 Å². The zero-order valence-electron chi connectivity index (χ0n) is 12.4. The van der Waals surface area contributed by atoms with Crippen molar-refractivity contribution in [2.75, 3.05) is 17.7 Å². The second kappa shape index (κ2) is 6.16. The van der Waals surface area contributed by atoms with Crippen LogP contribution in [-0.4, -0.2) is 18.1 Å². The van der Waals surface area contributed by atoms with E-state index in [0.29, 0.717) is 17.9 Å². The van der Waals surface area contributed by atoms with Gasteiger partial charge in [-0.25, -0.2) is 4.79 Å². The van der Waals surface area contributed by atoms with Crippen molar-refractivity contribution in [2.24, 2.45) is 0 Å². The number of benzene rings is 1. The molecule has 0 aromatic heterocycles. The molecule has 0 radical (unpaired) electrons. The van der Waals surface area contributed by atoms with Gasteiger partial charge in [0, 0.05) is 5.54 Å². The molecule has 0 aliphatic heterocycles. The van der Waals surface area contributed by atoms with E-state index in [4.69, 9.17) is 10.5 Å². The second-order valence-electron chi connectivity index (χ2n) is 5.74. The van der Waals surface area contributed by atoms with Crippen LogP contribution in [0.15, 0.2) is 18.2 Å². The number of nitrogens with one attached hydrogen (secondary N) is 1. The Bertz CT molecular complexity index is 479. The van der Waals surface area contributed by atoms with Gasteiger partial charge in [0.05, 0.1) is 23.5 Å². The van der Waals surface area contributed by atoms with Crippen LogP contribution in [0.4, 0.5) is 11.4 Å². The molecule has 0 unspecified atom stereocenters. The Morgan fingerprint density at radius 3 is 2.70 bits per heavy atom. The number of hydrogen-bond donors (Lipinski definition) is 2. The zero-order chi connectivity index (χ0) is 14.6. The van der Waals surface area contributed by atoms with E-state index in [9.17, 15) is 4.79 Å². The van der Waals surface area contributed by atoms with E-state index in [1.54, 1.807) is 19.1 Å². The van der Waals surface area contributed by atoms with Crippen molar-refractivity contribution in [1.29, 1.82) is 0 Å². The normalized spacial score (nSPS) is 17.5. The van der Waals surface area contributed by atoms with Crippen LogP contribution in [0.25, 0.3) is 0 Å². The number of para-hydroxylation sites is 1. The summed E-state index contributed by atoms with van der Waals surface area (Å²) in [5.74, 6) is -0.318. The van der Waals surface area contributed by atoms with E-state index in [-0.39, 0.29) is 11.5 Å². The molecule has 2 rings (SSSR count). The fourth-order valence-corrected chi connectivity index (χ4v) is 2.85. The van der Waals surface area contributed by atoms with Crippen LogP contribution in [0, 0.1) is 0 Å². The molecule has 0 atom stereocenters. The van der Waals surface area contributed by atoms with Crippen molar-refractivity contribution in [3.63, 3.8) is 0 Å².